The fraction of sp³-hybridized carbons (Fsp3) is 0.176. The number of fused-ring (bicyclic) bond motifs is 1. The van der Waals surface area contributed by atoms with Crippen molar-refractivity contribution in [3.8, 4) is 11.5 Å². The number of ether oxygens (including phenoxy) is 2. The molecule has 0 saturated carbocycles. The van der Waals surface area contributed by atoms with Gasteiger partial charge >= 0.3 is 0 Å². The molecule has 1 aliphatic rings. The number of benzene rings is 1. The maximum absolute atomic E-state index is 12.0. The van der Waals surface area contributed by atoms with Gasteiger partial charge in [-0.1, -0.05) is 12.1 Å². The minimum atomic E-state index is -0.836. The molecule has 1 aromatic carbocycles. The van der Waals surface area contributed by atoms with Crippen molar-refractivity contribution in [1.29, 1.82) is 0 Å². The molecule has 0 aliphatic carbocycles. The minimum Gasteiger partial charge on any atom is -0.485 e. The molecule has 0 fully saturated rings. The Balaban J connectivity index is 1.49. The van der Waals surface area contributed by atoms with Gasteiger partial charge in [0, 0.05) is 6.08 Å². The molecule has 2 heterocycles. The number of carbonyl (C=O) groups excluding carboxylic acids is 2. The molecule has 0 radical (unpaired) electrons. The molecule has 7 heteroatoms. The summed E-state index contributed by atoms with van der Waals surface area (Å²) in [5.74, 6) is 1.38. The molecule has 124 valence electrons. The lowest BCUT2D eigenvalue weighted by molar-refractivity contribution is -0.134. The number of hydrogen-bond donors (Lipinski definition) is 2. The van der Waals surface area contributed by atoms with Gasteiger partial charge in [-0.15, -0.1) is 0 Å². The van der Waals surface area contributed by atoms with Crippen molar-refractivity contribution in [2.24, 2.45) is 0 Å². The van der Waals surface area contributed by atoms with Crippen molar-refractivity contribution in [2.75, 3.05) is 6.61 Å². The third kappa shape index (κ3) is 3.75. The average Bonchev–Trinajstić information content (AvgIpc) is 3.02. The SMILES string of the molecule is Cc1ccc(/C=C/C(=O)NNC(=O)[C@@H]2COc3ccccc3O2)o1. The molecule has 7 nitrogen and oxygen atoms in total. The first-order valence-corrected chi connectivity index (χ1v) is 7.34. The number of furan rings is 1. The van der Waals surface area contributed by atoms with E-state index in [4.69, 9.17) is 13.9 Å². The van der Waals surface area contributed by atoms with Crippen LogP contribution in [0.4, 0.5) is 0 Å². The van der Waals surface area contributed by atoms with Crippen molar-refractivity contribution in [1.82, 2.24) is 10.9 Å². The topological polar surface area (TPSA) is 89.8 Å². The van der Waals surface area contributed by atoms with Crippen LogP contribution >= 0.6 is 0 Å². The molecule has 2 aromatic rings. The van der Waals surface area contributed by atoms with Gasteiger partial charge in [-0.3, -0.25) is 20.4 Å². The number of hydrazine groups is 1. The van der Waals surface area contributed by atoms with E-state index < -0.39 is 17.9 Å². The van der Waals surface area contributed by atoms with Gasteiger partial charge in [0.1, 0.15) is 18.1 Å². The van der Waals surface area contributed by atoms with Crippen LogP contribution in [-0.4, -0.2) is 24.5 Å². The summed E-state index contributed by atoms with van der Waals surface area (Å²) < 4.78 is 16.3. The van der Waals surface area contributed by atoms with Crippen LogP contribution in [0.2, 0.25) is 0 Å². The maximum atomic E-state index is 12.0. The molecule has 24 heavy (non-hydrogen) atoms. The van der Waals surface area contributed by atoms with E-state index in [9.17, 15) is 9.59 Å². The Hall–Kier alpha value is -3.22. The highest BCUT2D eigenvalue weighted by Crippen LogP contribution is 2.30. The molecule has 0 unspecified atom stereocenters. The largest absolute Gasteiger partial charge is 0.485 e. The standard InChI is InChI=1S/C17H16N2O5/c1-11-6-7-12(23-11)8-9-16(20)18-19-17(21)15-10-22-13-4-2-3-5-14(13)24-15/h2-9,15H,10H2,1H3,(H,18,20)(H,19,21)/b9-8+/t15-/m0/s1. The van der Waals surface area contributed by atoms with E-state index in [1.54, 1.807) is 30.3 Å². The molecule has 0 saturated heterocycles. The smallest absolute Gasteiger partial charge is 0.283 e. The number of carbonyl (C=O) groups is 2. The Bertz CT molecular complexity index is 781. The third-order valence-electron chi connectivity index (χ3n) is 3.27. The summed E-state index contributed by atoms with van der Waals surface area (Å²) in [6.07, 6.45) is 1.92. The minimum absolute atomic E-state index is 0.0697. The molecule has 1 atom stereocenters. The second-order valence-corrected chi connectivity index (χ2v) is 5.12. The Morgan fingerprint density at radius 2 is 1.92 bits per heavy atom. The van der Waals surface area contributed by atoms with Gasteiger partial charge in [-0.05, 0) is 37.3 Å². The Labute approximate surface area is 138 Å². The van der Waals surface area contributed by atoms with Crippen LogP contribution < -0.4 is 20.3 Å². The van der Waals surface area contributed by atoms with Crippen LogP contribution in [0, 0.1) is 6.92 Å². The van der Waals surface area contributed by atoms with Crippen molar-refractivity contribution < 1.29 is 23.5 Å². The van der Waals surface area contributed by atoms with Crippen LogP contribution in [0.25, 0.3) is 6.08 Å². The number of para-hydroxylation sites is 2. The quantitative estimate of drug-likeness (QED) is 0.660. The molecule has 1 aliphatic heterocycles. The number of amides is 2. The predicted octanol–water partition coefficient (Wildman–Crippen LogP) is 1.59. The van der Waals surface area contributed by atoms with Crippen molar-refractivity contribution in [3.05, 3.63) is 54.0 Å². The van der Waals surface area contributed by atoms with Gasteiger partial charge in [-0.25, -0.2) is 0 Å². The predicted molar refractivity (Wildman–Crippen MR) is 85.1 cm³/mol. The monoisotopic (exact) mass is 328 g/mol. The second kappa shape index (κ2) is 6.91. The number of rotatable bonds is 3. The molecular weight excluding hydrogens is 312 g/mol. The summed E-state index contributed by atoms with van der Waals surface area (Å²) in [5, 5.41) is 0. The van der Waals surface area contributed by atoms with Crippen molar-refractivity contribution in [2.45, 2.75) is 13.0 Å². The van der Waals surface area contributed by atoms with Crippen LogP contribution in [0.5, 0.6) is 11.5 Å². The van der Waals surface area contributed by atoms with E-state index in [0.717, 1.165) is 5.76 Å². The average molecular weight is 328 g/mol. The summed E-state index contributed by atoms with van der Waals surface area (Å²) in [5.41, 5.74) is 4.58. The summed E-state index contributed by atoms with van der Waals surface area (Å²) in [4.78, 5) is 23.7. The fourth-order valence-electron chi connectivity index (χ4n) is 2.09. The second-order valence-electron chi connectivity index (χ2n) is 5.12. The number of nitrogens with one attached hydrogen (secondary N) is 2. The highest BCUT2D eigenvalue weighted by Gasteiger charge is 2.27. The first-order valence-electron chi connectivity index (χ1n) is 7.34. The lowest BCUT2D eigenvalue weighted by atomic mass is 10.2. The zero-order chi connectivity index (χ0) is 16.9. The Morgan fingerprint density at radius 1 is 1.12 bits per heavy atom. The maximum Gasteiger partial charge on any atom is 0.283 e. The molecule has 1 aromatic heterocycles. The Morgan fingerprint density at radius 3 is 2.67 bits per heavy atom. The van der Waals surface area contributed by atoms with Crippen LogP contribution in [0.3, 0.4) is 0 Å². The van der Waals surface area contributed by atoms with Crippen molar-refractivity contribution >= 4 is 17.9 Å². The van der Waals surface area contributed by atoms with Gasteiger partial charge in [0.05, 0.1) is 0 Å². The van der Waals surface area contributed by atoms with Crippen LogP contribution in [0.1, 0.15) is 11.5 Å². The molecule has 2 amide bonds. The lowest BCUT2D eigenvalue weighted by Crippen LogP contribution is -2.50. The normalized spacial score (nSPS) is 16.0. The van der Waals surface area contributed by atoms with Crippen molar-refractivity contribution in [3.63, 3.8) is 0 Å². The van der Waals surface area contributed by atoms with E-state index in [-0.39, 0.29) is 6.61 Å². The molecule has 0 bridgehead atoms. The van der Waals surface area contributed by atoms with E-state index in [1.165, 1.54) is 12.2 Å². The Kier molecular flexibility index (Phi) is 4.51. The van der Waals surface area contributed by atoms with Gasteiger partial charge < -0.3 is 13.9 Å². The highest BCUT2D eigenvalue weighted by atomic mass is 16.6. The molecular formula is C17H16N2O5. The van der Waals surface area contributed by atoms with E-state index >= 15 is 0 Å². The first-order chi connectivity index (χ1) is 11.6. The summed E-state index contributed by atoms with van der Waals surface area (Å²) in [6, 6.07) is 10.6. The summed E-state index contributed by atoms with van der Waals surface area (Å²) in [7, 11) is 0. The van der Waals surface area contributed by atoms with Gasteiger partial charge in [0.15, 0.2) is 11.5 Å². The van der Waals surface area contributed by atoms with Crippen LogP contribution in [0.15, 0.2) is 46.9 Å². The van der Waals surface area contributed by atoms with E-state index in [0.29, 0.717) is 17.3 Å². The fourth-order valence-corrected chi connectivity index (χ4v) is 2.09. The van der Waals surface area contributed by atoms with Gasteiger partial charge in [0.2, 0.25) is 6.10 Å². The van der Waals surface area contributed by atoms with E-state index in [1.807, 2.05) is 13.0 Å². The van der Waals surface area contributed by atoms with E-state index in [2.05, 4.69) is 10.9 Å². The number of hydrogen-bond acceptors (Lipinski definition) is 5. The van der Waals surface area contributed by atoms with Gasteiger partial charge in [0.25, 0.3) is 11.8 Å². The molecule has 0 spiro atoms. The zero-order valence-corrected chi connectivity index (χ0v) is 12.9. The van der Waals surface area contributed by atoms with Gasteiger partial charge in [-0.2, -0.15) is 0 Å². The zero-order valence-electron chi connectivity index (χ0n) is 12.9. The lowest BCUT2D eigenvalue weighted by Gasteiger charge is -2.25. The summed E-state index contributed by atoms with van der Waals surface area (Å²) in [6.45, 7) is 1.88. The first kappa shape index (κ1) is 15.7. The number of aryl methyl sites for hydroxylation is 1. The highest BCUT2D eigenvalue weighted by molar-refractivity contribution is 5.93. The molecule has 3 rings (SSSR count). The summed E-state index contributed by atoms with van der Waals surface area (Å²) >= 11 is 0. The molecule has 2 N–H and O–H groups in total. The van der Waals surface area contributed by atoms with Crippen LogP contribution in [-0.2, 0) is 9.59 Å². The third-order valence-corrected chi connectivity index (χ3v) is 3.27.